The van der Waals surface area contributed by atoms with Crippen molar-refractivity contribution < 1.29 is 9.90 Å². The summed E-state index contributed by atoms with van der Waals surface area (Å²) in [6.45, 7) is 10.3. The number of amides is 1. The van der Waals surface area contributed by atoms with E-state index in [0.29, 0.717) is 25.4 Å². The van der Waals surface area contributed by atoms with Crippen LogP contribution in [0.4, 0.5) is 0 Å². The molecule has 4 heteroatoms. The highest BCUT2D eigenvalue weighted by atomic mass is 16.3. The lowest BCUT2D eigenvalue weighted by Gasteiger charge is -2.30. The predicted molar refractivity (Wildman–Crippen MR) is 66.0 cm³/mol. The van der Waals surface area contributed by atoms with Gasteiger partial charge in [-0.3, -0.25) is 4.79 Å². The number of aliphatic hydroxyl groups is 1. The fraction of sp³-hybridized carbons (Fsp3) is 0.917. The number of carbonyl (C=O) groups excluding carboxylic acids is 1. The first-order valence-electron chi connectivity index (χ1n) is 5.94. The minimum absolute atomic E-state index is 0.0710. The van der Waals surface area contributed by atoms with Gasteiger partial charge in [-0.05, 0) is 33.1 Å². The summed E-state index contributed by atoms with van der Waals surface area (Å²) in [5.74, 6) is 0.332. The first-order chi connectivity index (χ1) is 7.17. The molecule has 0 spiro atoms. The number of carbonyl (C=O) groups is 1. The highest BCUT2D eigenvalue weighted by Crippen LogP contribution is 2.09. The summed E-state index contributed by atoms with van der Waals surface area (Å²) in [4.78, 5) is 13.6. The van der Waals surface area contributed by atoms with Gasteiger partial charge in [0.05, 0.1) is 11.6 Å². The summed E-state index contributed by atoms with van der Waals surface area (Å²) >= 11 is 0. The van der Waals surface area contributed by atoms with Crippen LogP contribution in [0.15, 0.2) is 0 Å². The third-order valence-corrected chi connectivity index (χ3v) is 2.31. The van der Waals surface area contributed by atoms with Crippen LogP contribution in [-0.2, 0) is 4.79 Å². The molecule has 4 nitrogen and oxygen atoms in total. The zero-order chi connectivity index (χ0) is 12.9. The van der Waals surface area contributed by atoms with E-state index < -0.39 is 11.6 Å². The molecule has 0 aromatic heterocycles. The maximum atomic E-state index is 12.0. The van der Waals surface area contributed by atoms with Crippen LogP contribution in [0.25, 0.3) is 0 Å². The molecule has 0 unspecified atom stereocenters. The van der Waals surface area contributed by atoms with E-state index in [1.807, 2.05) is 20.8 Å². The molecule has 0 fully saturated rings. The van der Waals surface area contributed by atoms with Crippen molar-refractivity contribution in [3.8, 4) is 0 Å². The smallest absolute Gasteiger partial charge is 0.239 e. The topological polar surface area (TPSA) is 66.6 Å². The molecule has 0 aliphatic heterocycles. The predicted octanol–water partition coefficient (Wildman–Crippen LogP) is 0.979. The Morgan fingerprint density at radius 3 is 2.25 bits per heavy atom. The van der Waals surface area contributed by atoms with Gasteiger partial charge < -0.3 is 15.7 Å². The quantitative estimate of drug-likeness (QED) is 0.715. The molecule has 0 radical (unpaired) electrons. The number of rotatable bonds is 6. The summed E-state index contributed by atoms with van der Waals surface area (Å²) < 4.78 is 0. The first kappa shape index (κ1) is 15.4. The molecule has 0 aromatic rings. The van der Waals surface area contributed by atoms with E-state index in [0.717, 1.165) is 0 Å². The molecule has 0 aromatic carbocycles. The van der Waals surface area contributed by atoms with Crippen molar-refractivity contribution in [2.24, 2.45) is 11.7 Å². The molecule has 0 saturated heterocycles. The van der Waals surface area contributed by atoms with E-state index in [4.69, 9.17) is 5.73 Å². The normalized spacial score (nSPS) is 14.0. The van der Waals surface area contributed by atoms with E-state index in [-0.39, 0.29) is 5.91 Å². The fourth-order valence-corrected chi connectivity index (χ4v) is 1.66. The third-order valence-electron chi connectivity index (χ3n) is 2.31. The Bertz CT molecular complexity index is 222. The Kier molecular flexibility index (Phi) is 5.97. The summed E-state index contributed by atoms with van der Waals surface area (Å²) in [5, 5.41) is 9.70. The number of hydrogen-bond acceptors (Lipinski definition) is 3. The van der Waals surface area contributed by atoms with Gasteiger partial charge in [0.25, 0.3) is 0 Å². The summed E-state index contributed by atoms with van der Waals surface area (Å²) in [6.07, 6.45) is 0.682. The minimum Gasteiger partial charge on any atom is -0.389 e. The van der Waals surface area contributed by atoms with Gasteiger partial charge in [0, 0.05) is 13.1 Å². The molecule has 16 heavy (non-hydrogen) atoms. The molecular formula is C12H26N2O2. The van der Waals surface area contributed by atoms with E-state index in [1.165, 1.54) is 0 Å². The maximum Gasteiger partial charge on any atom is 0.239 e. The zero-order valence-corrected chi connectivity index (χ0v) is 11.2. The number of nitrogens with zero attached hydrogens (tertiary/aromatic N) is 1. The Balaban J connectivity index is 4.41. The van der Waals surface area contributed by atoms with Gasteiger partial charge in [-0.15, -0.1) is 0 Å². The second-order valence-electron chi connectivity index (χ2n) is 5.40. The molecule has 1 atom stereocenters. The SMILES string of the molecule is CCN(CC(C)(C)O)C(=O)[C@H](N)CC(C)C. The van der Waals surface area contributed by atoms with E-state index in [1.54, 1.807) is 18.7 Å². The Morgan fingerprint density at radius 1 is 1.44 bits per heavy atom. The molecule has 0 rings (SSSR count). The fourth-order valence-electron chi connectivity index (χ4n) is 1.66. The molecule has 0 aliphatic carbocycles. The van der Waals surface area contributed by atoms with Gasteiger partial charge in [0.15, 0.2) is 0 Å². The van der Waals surface area contributed by atoms with Gasteiger partial charge in [-0.2, -0.15) is 0 Å². The average Bonchev–Trinajstić information content (AvgIpc) is 2.10. The average molecular weight is 230 g/mol. The maximum absolute atomic E-state index is 12.0. The van der Waals surface area contributed by atoms with Gasteiger partial charge >= 0.3 is 0 Å². The van der Waals surface area contributed by atoms with Gasteiger partial charge in [-0.1, -0.05) is 13.8 Å². The molecule has 0 aliphatic rings. The van der Waals surface area contributed by atoms with Crippen molar-refractivity contribution >= 4 is 5.91 Å². The monoisotopic (exact) mass is 230 g/mol. The molecule has 0 heterocycles. The van der Waals surface area contributed by atoms with Crippen LogP contribution >= 0.6 is 0 Å². The standard InChI is InChI=1S/C12H26N2O2/c1-6-14(8-12(4,5)16)11(15)10(13)7-9(2)3/h9-10,16H,6-8,13H2,1-5H3/t10-/m1/s1. The molecular weight excluding hydrogens is 204 g/mol. The molecule has 96 valence electrons. The van der Waals surface area contributed by atoms with E-state index >= 15 is 0 Å². The summed E-state index contributed by atoms with van der Waals surface area (Å²) in [5.41, 5.74) is 4.97. The van der Waals surface area contributed by atoms with Gasteiger partial charge in [0.1, 0.15) is 0 Å². The van der Waals surface area contributed by atoms with E-state index in [9.17, 15) is 9.90 Å². The minimum atomic E-state index is -0.872. The van der Waals surface area contributed by atoms with Gasteiger partial charge in [0.2, 0.25) is 5.91 Å². The van der Waals surface area contributed by atoms with Crippen LogP contribution < -0.4 is 5.73 Å². The Labute approximate surface area is 98.8 Å². The van der Waals surface area contributed by atoms with Crippen molar-refractivity contribution in [3.05, 3.63) is 0 Å². The molecule has 3 N–H and O–H groups in total. The van der Waals surface area contributed by atoms with Crippen LogP contribution in [-0.4, -0.2) is 40.6 Å². The number of nitrogens with two attached hydrogens (primary N) is 1. The van der Waals surface area contributed by atoms with Crippen molar-refractivity contribution in [2.75, 3.05) is 13.1 Å². The van der Waals surface area contributed by atoms with E-state index in [2.05, 4.69) is 0 Å². The molecule has 1 amide bonds. The Hall–Kier alpha value is -0.610. The molecule has 0 bridgehead atoms. The van der Waals surface area contributed by atoms with Crippen LogP contribution in [0.1, 0.15) is 41.0 Å². The second kappa shape index (κ2) is 6.21. The zero-order valence-electron chi connectivity index (χ0n) is 11.2. The highest BCUT2D eigenvalue weighted by molar-refractivity contribution is 5.81. The lowest BCUT2D eigenvalue weighted by atomic mass is 10.0. The lowest BCUT2D eigenvalue weighted by Crippen LogP contribution is -2.49. The molecule has 0 saturated carbocycles. The van der Waals surface area contributed by atoms with Crippen molar-refractivity contribution in [1.82, 2.24) is 4.90 Å². The van der Waals surface area contributed by atoms with Crippen LogP contribution in [0.5, 0.6) is 0 Å². The van der Waals surface area contributed by atoms with Crippen molar-refractivity contribution in [2.45, 2.75) is 52.7 Å². The first-order valence-corrected chi connectivity index (χ1v) is 5.94. The lowest BCUT2D eigenvalue weighted by molar-refractivity contribution is -0.135. The summed E-state index contributed by atoms with van der Waals surface area (Å²) in [6, 6.07) is -0.456. The van der Waals surface area contributed by atoms with Crippen LogP contribution in [0.3, 0.4) is 0 Å². The van der Waals surface area contributed by atoms with Gasteiger partial charge in [-0.25, -0.2) is 0 Å². The highest BCUT2D eigenvalue weighted by Gasteiger charge is 2.25. The second-order valence-corrected chi connectivity index (χ2v) is 5.40. The number of likely N-dealkylation sites (N-methyl/N-ethyl adjacent to an activating group) is 1. The third kappa shape index (κ3) is 6.08. The number of hydrogen-bond donors (Lipinski definition) is 2. The van der Waals surface area contributed by atoms with Crippen LogP contribution in [0, 0.1) is 5.92 Å². The van der Waals surface area contributed by atoms with Crippen molar-refractivity contribution in [1.29, 1.82) is 0 Å². The Morgan fingerprint density at radius 2 is 1.94 bits per heavy atom. The van der Waals surface area contributed by atoms with Crippen LogP contribution in [0.2, 0.25) is 0 Å². The summed E-state index contributed by atoms with van der Waals surface area (Å²) in [7, 11) is 0. The largest absolute Gasteiger partial charge is 0.389 e. The van der Waals surface area contributed by atoms with Crippen molar-refractivity contribution in [3.63, 3.8) is 0 Å².